The number of carboxylic acids is 1. The molecule has 1 aromatic carbocycles. The highest BCUT2D eigenvalue weighted by atomic mass is 19.1. The molecule has 0 atom stereocenters. The van der Waals surface area contributed by atoms with Crippen LogP contribution in [0.2, 0.25) is 0 Å². The predicted octanol–water partition coefficient (Wildman–Crippen LogP) is 1.33. The van der Waals surface area contributed by atoms with E-state index in [0.717, 1.165) is 6.07 Å². The summed E-state index contributed by atoms with van der Waals surface area (Å²) in [4.78, 5) is 10.9. The van der Waals surface area contributed by atoms with Gasteiger partial charge in [0, 0.05) is 18.8 Å². The van der Waals surface area contributed by atoms with Crippen molar-refractivity contribution in [2.45, 2.75) is 6.42 Å². The van der Waals surface area contributed by atoms with Crippen molar-refractivity contribution in [1.82, 2.24) is 0 Å². The summed E-state index contributed by atoms with van der Waals surface area (Å²) in [6.07, 6.45) is 0.663. The molecule has 0 radical (unpaired) electrons. The van der Waals surface area contributed by atoms with Crippen LogP contribution in [0.5, 0.6) is 0 Å². The summed E-state index contributed by atoms with van der Waals surface area (Å²) in [5.41, 5.74) is 0.289. The number of carboxylic acid groups (broad SMARTS) is 1. The molecule has 0 saturated carbocycles. The third kappa shape index (κ3) is 4.68. The average Bonchev–Trinajstić information content (AvgIpc) is 2.35. The van der Waals surface area contributed by atoms with Crippen molar-refractivity contribution in [3.63, 3.8) is 0 Å². The van der Waals surface area contributed by atoms with E-state index >= 15 is 0 Å². The molecule has 0 bridgehead atoms. The van der Waals surface area contributed by atoms with E-state index in [4.69, 9.17) is 14.9 Å². The number of halogens is 1. The Morgan fingerprint density at radius 3 is 2.83 bits per heavy atom. The van der Waals surface area contributed by atoms with Gasteiger partial charge >= 0.3 is 5.97 Å². The summed E-state index contributed by atoms with van der Waals surface area (Å²) in [6, 6.07) is 3.58. The number of aromatic carboxylic acids is 1. The highest BCUT2D eigenvalue weighted by Gasteiger charge is 2.10. The lowest BCUT2D eigenvalue weighted by molar-refractivity contribution is 0.0697. The predicted molar refractivity (Wildman–Crippen MR) is 64.4 cm³/mol. The number of hydrogen-bond acceptors (Lipinski definition) is 4. The van der Waals surface area contributed by atoms with Gasteiger partial charge in [-0.2, -0.15) is 0 Å². The van der Waals surface area contributed by atoms with Crippen molar-refractivity contribution in [2.75, 3.05) is 31.7 Å². The quantitative estimate of drug-likeness (QED) is 0.612. The van der Waals surface area contributed by atoms with E-state index in [1.54, 1.807) is 0 Å². The maximum atomic E-state index is 12.9. The average molecular weight is 257 g/mol. The van der Waals surface area contributed by atoms with Crippen LogP contribution in [0.25, 0.3) is 0 Å². The Morgan fingerprint density at radius 1 is 1.39 bits per heavy atom. The summed E-state index contributed by atoms with van der Waals surface area (Å²) in [5.74, 6) is -1.75. The zero-order valence-corrected chi connectivity index (χ0v) is 9.86. The maximum Gasteiger partial charge on any atom is 0.337 e. The number of aliphatic hydroxyl groups is 1. The molecule has 6 heteroatoms. The second-order valence-corrected chi connectivity index (χ2v) is 3.61. The Balaban J connectivity index is 2.44. The van der Waals surface area contributed by atoms with E-state index in [0.29, 0.717) is 25.3 Å². The fraction of sp³-hybridized carbons (Fsp3) is 0.417. The topological polar surface area (TPSA) is 78.8 Å². The first-order chi connectivity index (χ1) is 8.65. The van der Waals surface area contributed by atoms with E-state index in [9.17, 15) is 9.18 Å². The smallest absolute Gasteiger partial charge is 0.337 e. The van der Waals surface area contributed by atoms with Crippen molar-refractivity contribution < 1.29 is 24.1 Å². The zero-order valence-electron chi connectivity index (χ0n) is 9.86. The van der Waals surface area contributed by atoms with Gasteiger partial charge < -0.3 is 20.3 Å². The Bertz CT molecular complexity index is 398. The molecule has 3 N–H and O–H groups in total. The number of benzene rings is 1. The van der Waals surface area contributed by atoms with Crippen LogP contribution in [0, 0.1) is 5.82 Å². The standard InChI is InChI=1S/C12H16FNO4/c13-9-2-3-11(10(8-9)12(16)17)14-4-1-6-18-7-5-15/h2-3,8,14-15H,1,4-7H2,(H,16,17). The fourth-order valence-electron chi connectivity index (χ4n) is 1.41. The lowest BCUT2D eigenvalue weighted by Crippen LogP contribution is -2.10. The molecule has 18 heavy (non-hydrogen) atoms. The van der Waals surface area contributed by atoms with E-state index < -0.39 is 11.8 Å². The van der Waals surface area contributed by atoms with Gasteiger partial charge in [-0.3, -0.25) is 0 Å². The first kappa shape index (κ1) is 14.4. The Morgan fingerprint density at radius 2 is 2.17 bits per heavy atom. The second kappa shape index (κ2) is 7.62. The number of hydrogen-bond donors (Lipinski definition) is 3. The van der Waals surface area contributed by atoms with Gasteiger partial charge in [0.15, 0.2) is 0 Å². The number of carbonyl (C=O) groups is 1. The van der Waals surface area contributed by atoms with E-state index in [2.05, 4.69) is 5.32 Å². The fourth-order valence-corrected chi connectivity index (χ4v) is 1.41. The van der Waals surface area contributed by atoms with E-state index in [1.807, 2.05) is 0 Å². The van der Waals surface area contributed by atoms with Gasteiger partial charge in [-0.05, 0) is 24.6 Å². The zero-order chi connectivity index (χ0) is 13.4. The molecule has 0 aliphatic carbocycles. The molecule has 0 unspecified atom stereocenters. The summed E-state index contributed by atoms with van der Waals surface area (Å²) < 4.78 is 18.0. The van der Waals surface area contributed by atoms with Crippen molar-refractivity contribution in [3.8, 4) is 0 Å². The van der Waals surface area contributed by atoms with Crippen molar-refractivity contribution in [2.24, 2.45) is 0 Å². The first-order valence-electron chi connectivity index (χ1n) is 5.60. The molecular weight excluding hydrogens is 241 g/mol. The normalized spacial score (nSPS) is 10.3. The van der Waals surface area contributed by atoms with Gasteiger partial charge in [-0.15, -0.1) is 0 Å². The molecule has 1 aromatic rings. The maximum absolute atomic E-state index is 12.9. The van der Waals surface area contributed by atoms with Crippen LogP contribution in [0.4, 0.5) is 10.1 Å². The van der Waals surface area contributed by atoms with Gasteiger partial charge in [0.1, 0.15) is 5.82 Å². The Labute approximate surface area is 104 Å². The monoisotopic (exact) mass is 257 g/mol. The number of aliphatic hydroxyl groups excluding tert-OH is 1. The van der Waals surface area contributed by atoms with Crippen LogP contribution in [0.15, 0.2) is 18.2 Å². The number of ether oxygens (including phenoxy) is 1. The van der Waals surface area contributed by atoms with Gasteiger partial charge in [0.25, 0.3) is 0 Å². The lowest BCUT2D eigenvalue weighted by atomic mass is 10.1. The molecule has 0 heterocycles. The minimum Gasteiger partial charge on any atom is -0.478 e. The summed E-state index contributed by atoms with van der Waals surface area (Å²) >= 11 is 0. The largest absolute Gasteiger partial charge is 0.478 e. The Kier molecular flexibility index (Phi) is 6.10. The SMILES string of the molecule is O=C(O)c1cc(F)ccc1NCCCOCCO. The minimum absolute atomic E-state index is 0.0193. The minimum atomic E-state index is -1.17. The van der Waals surface area contributed by atoms with Crippen LogP contribution in [-0.4, -0.2) is 42.5 Å². The summed E-state index contributed by atoms with van der Waals surface area (Å²) in [7, 11) is 0. The third-order valence-corrected chi connectivity index (χ3v) is 2.23. The molecule has 0 spiro atoms. The van der Waals surface area contributed by atoms with Crippen LogP contribution in [0.1, 0.15) is 16.8 Å². The van der Waals surface area contributed by atoms with Crippen molar-refractivity contribution >= 4 is 11.7 Å². The van der Waals surface area contributed by atoms with E-state index in [-0.39, 0.29) is 18.8 Å². The van der Waals surface area contributed by atoms with Crippen molar-refractivity contribution in [1.29, 1.82) is 0 Å². The summed E-state index contributed by atoms with van der Waals surface area (Å²) in [6.45, 7) is 1.25. The van der Waals surface area contributed by atoms with Crippen molar-refractivity contribution in [3.05, 3.63) is 29.6 Å². The first-order valence-corrected chi connectivity index (χ1v) is 5.60. The molecule has 5 nitrogen and oxygen atoms in total. The molecule has 0 aliphatic rings. The molecule has 0 aromatic heterocycles. The van der Waals surface area contributed by atoms with E-state index in [1.165, 1.54) is 12.1 Å². The number of anilines is 1. The number of rotatable bonds is 8. The molecule has 0 amide bonds. The molecule has 0 fully saturated rings. The highest BCUT2D eigenvalue weighted by Crippen LogP contribution is 2.16. The highest BCUT2D eigenvalue weighted by molar-refractivity contribution is 5.94. The van der Waals surface area contributed by atoms with Gasteiger partial charge in [-0.1, -0.05) is 0 Å². The third-order valence-electron chi connectivity index (χ3n) is 2.23. The van der Waals surface area contributed by atoms with Crippen LogP contribution in [0.3, 0.4) is 0 Å². The molecule has 0 saturated heterocycles. The molecule has 0 aliphatic heterocycles. The lowest BCUT2D eigenvalue weighted by Gasteiger charge is -2.09. The number of nitrogens with one attached hydrogen (secondary N) is 1. The van der Waals surface area contributed by atoms with Crippen LogP contribution < -0.4 is 5.32 Å². The van der Waals surface area contributed by atoms with Gasteiger partial charge in [0.05, 0.1) is 18.8 Å². The Hall–Kier alpha value is -1.66. The van der Waals surface area contributed by atoms with Gasteiger partial charge in [-0.25, -0.2) is 9.18 Å². The van der Waals surface area contributed by atoms with Crippen LogP contribution >= 0.6 is 0 Å². The summed E-state index contributed by atoms with van der Waals surface area (Å²) in [5, 5.41) is 20.3. The molecule has 100 valence electrons. The van der Waals surface area contributed by atoms with Crippen LogP contribution in [-0.2, 0) is 4.74 Å². The molecule has 1 rings (SSSR count). The second-order valence-electron chi connectivity index (χ2n) is 3.61. The van der Waals surface area contributed by atoms with Gasteiger partial charge in [0.2, 0.25) is 0 Å². The molecular formula is C12H16FNO4.